The van der Waals surface area contributed by atoms with E-state index in [1.165, 1.54) is 32.1 Å². The molecule has 27 heavy (non-hydrogen) atoms. The van der Waals surface area contributed by atoms with E-state index >= 15 is 0 Å². The molecular formula is C19H24N4O2S2. The van der Waals surface area contributed by atoms with Crippen LogP contribution in [0.3, 0.4) is 0 Å². The van der Waals surface area contributed by atoms with Crippen molar-refractivity contribution in [2.24, 2.45) is 0 Å². The van der Waals surface area contributed by atoms with Crippen LogP contribution >= 0.6 is 11.9 Å². The molecule has 2 heterocycles. The lowest BCUT2D eigenvalue weighted by Crippen LogP contribution is -2.25. The van der Waals surface area contributed by atoms with Crippen LogP contribution in [0.5, 0.6) is 0 Å². The van der Waals surface area contributed by atoms with Gasteiger partial charge in [-0.2, -0.15) is 0 Å². The van der Waals surface area contributed by atoms with E-state index in [2.05, 4.69) is 25.9 Å². The minimum Gasteiger partial charge on any atom is -0.361 e. The van der Waals surface area contributed by atoms with Crippen LogP contribution in [0.1, 0.15) is 43.6 Å². The van der Waals surface area contributed by atoms with E-state index in [1.54, 1.807) is 18.2 Å². The van der Waals surface area contributed by atoms with Crippen molar-refractivity contribution >= 4 is 33.8 Å². The molecule has 1 unspecified atom stereocenters. The molecule has 2 aromatic heterocycles. The maximum atomic E-state index is 11.9. The van der Waals surface area contributed by atoms with Crippen LogP contribution in [0.4, 0.5) is 0 Å². The molecule has 1 aromatic carbocycles. The van der Waals surface area contributed by atoms with Crippen molar-refractivity contribution in [3.8, 4) is 11.1 Å². The van der Waals surface area contributed by atoms with Gasteiger partial charge in [0, 0.05) is 17.9 Å². The lowest BCUT2D eigenvalue weighted by atomic mass is 9.96. The summed E-state index contributed by atoms with van der Waals surface area (Å²) in [5, 5.41) is 4.58. The maximum Gasteiger partial charge on any atom is 0.197 e. The summed E-state index contributed by atoms with van der Waals surface area (Å²) in [6.45, 7) is 3.87. The Balaban J connectivity index is 1.75. The third-order valence-corrected chi connectivity index (χ3v) is 6.79. The van der Waals surface area contributed by atoms with E-state index in [1.807, 2.05) is 19.9 Å². The molecule has 0 saturated heterocycles. The lowest BCUT2D eigenvalue weighted by Gasteiger charge is -2.22. The topological polar surface area (TPSA) is 83.8 Å². The smallest absolute Gasteiger partial charge is 0.197 e. The third-order valence-electron chi connectivity index (χ3n) is 5.06. The highest BCUT2D eigenvalue weighted by molar-refractivity contribution is 7.97. The number of benzene rings is 1. The zero-order valence-corrected chi connectivity index (χ0v) is 17.4. The quantitative estimate of drug-likeness (QED) is 0.609. The predicted octanol–water partition coefficient (Wildman–Crippen LogP) is 4.50. The fraction of sp³-hybridized carbons (Fsp3) is 0.474. The number of aryl methyl sites for hydroxylation is 2. The molecular weight excluding hydrogens is 380 g/mol. The van der Waals surface area contributed by atoms with Gasteiger partial charge in [0.15, 0.2) is 5.16 Å². The van der Waals surface area contributed by atoms with Gasteiger partial charge in [0.2, 0.25) is 0 Å². The van der Waals surface area contributed by atoms with Gasteiger partial charge in [-0.25, -0.2) is 4.98 Å². The molecule has 0 amide bonds. The lowest BCUT2D eigenvalue weighted by molar-refractivity contribution is 0.393. The van der Waals surface area contributed by atoms with Crippen LogP contribution in [-0.2, 0) is 10.8 Å². The van der Waals surface area contributed by atoms with Crippen molar-refractivity contribution in [1.82, 2.24) is 19.8 Å². The molecule has 8 heteroatoms. The largest absolute Gasteiger partial charge is 0.361 e. The molecule has 0 radical (unpaired) electrons. The molecule has 1 aliphatic rings. The van der Waals surface area contributed by atoms with Gasteiger partial charge in [-0.3, -0.25) is 8.93 Å². The van der Waals surface area contributed by atoms with Crippen LogP contribution in [0.25, 0.3) is 22.2 Å². The SMILES string of the molecule is Cc1noc(C)c1-c1cc(SNC2CCCCC2)c2nc(S(C)=O)[nH]c2c1. The summed E-state index contributed by atoms with van der Waals surface area (Å²) >= 11 is 1.62. The Bertz CT molecular complexity index is 970. The van der Waals surface area contributed by atoms with E-state index in [9.17, 15) is 4.21 Å². The van der Waals surface area contributed by atoms with Crippen LogP contribution < -0.4 is 4.72 Å². The van der Waals surface area contributed by atoms with E-state index in [-0.39, 0.29) is 0 Å². The fourth-order valence-corrected chi connectivity index (χ4v) is 5.12. The first-order valence-electron chi connectivity index (χ1n) is 9.25. The van der Waals surface area contributed by atoms with Crippen molar-refractivity contribution in [3.05, 3.63) is 23.6 Å². The van der Waals surface area contributed by atoms with E-state index in [4.69, 9.17) is 4.52 Å². The summed E-state index contributed by atoms with van der Waals surface area (Å²) < 4.78 is 20.9. The highest BCUT2D eigenvalue weighted by Gasteiger charge is 2.19. The van der Waals surface area contributed by atoms with Crippen LogP contribution in [-0.4, -0.2) is 31.6 Å². The third kappa shape index (κ3) is 3.83. The van der Waals surface area contributed by atoms with Crippen LogP contribution in [0.15, 0.2) is 26.7 Å². The van der Waals surface area contributed by atoms with Gasteiger partial charge in [-0.05, 0) is 56.3 Å². The molecule has 0 spiro atoms. The molecule has 0 bridgehead atoms. The fourth-order valence-electron chi connectivity index (χ4n) is 3.68. The van der Waals surface area contributed by atoms with Crippen molar-refractivity contribution in [2.75, 3.05) is 6.26 Å². The van der Waals surface area contributed by atoms with Crippen molar-refractivity contribution in [2.45, 2.75) is 62.0 Å². The molecule has 6 nitrogen and oxygen atoms in total. The molecule has 0 aliphatic heterocycles. The zero-order valence-electron chi connectivity index (χ0n) is 15.8. The summed E-state index contributed by atoms with van der Waals surface area (Å²) in [5.41, 5.74) is 4.63. The Hall–Kier alpha value is -1.64. The molecule has 3 aromatic rings. The number of hydrogen-bond donors (Lipinski definition) is 2. The van der Waals surface area contributed by atoms with Gasteiger partial charge >= 0.3 is 0 Å². The summed E-state index contributed by atoms with van der Waals surface area (Å²) in [5.74, 6) is 0.793. The molecule has 1 saturated carbocycles. The Labute approximate surface area is 165 Å². The number of aromatic amines is 1. The highest BCUT2D eigenvalue weighted by atomic mass is 32.2. The molecule has 4 rings (SSSR count). The average molecular weight is 405 g/mol. The van der Waals surface area contributed by atoms with Gasteiger partial charge in [-0.1, -0.05) is 24.4 Å². The number of H-pyrrole nitrogens is 1. The summed E-state index contributed by atoms with van der Waals surface area (Å²) in [7, 11) is -1.16. The van der Waals surface area contributed by atoms with Gasteiger partial charge < -0.3 is 9.51 Å². The minimum atomic E-state index is -1.16. The first-order valence-corrected chi connectivity index (χ1v) is 11.6. The summed E-state index contributed by atoms with van der Waals surface area (Å²) in [6.07, 6.45) is 7.97. The number of rotatable bonds is 5. The second kappa shape index (κ2) is 7.77. The standard InChI is InChI=1S/C19H24N4O2S2/c1-11-17(12(2)25-22-11)13-9-15-18(21-19(20-15)27(3)24)16(10-13)26-23-14-7-5-4-6-8-14/h9-10,14,23H,4-8H2,1-3H3,(H,20,21). The van der Waals surface area contributed by atoms with Crippen molar-refractivity contribution in [1.29, 1.82) is 0 Å². The Morgan fingerprint density at radius 3 is 2.70 bits per heavy atom. The first-order chi connectivity index (χ1) is 13.0. The molecule has 1 fully saturated rings. The average Bonchev–Trinajstić information content (AvgIpc) is 3.24. The second-order valence-electron chi connectivity index (χ2n) is 7.12. The van der Waals surface area contributed by atoms with Gasteiger partial charge in [0.1, 0.15) is 11.3 Å². The normalized spacial score (nSPS) is 16.9. The monoisotopic (exact) mass is 404 g/mol. The Morgan fingerprint density at radius 2 is 2.04 bits per heavy atom. The summed E-state index contributed by atoms with van der Waals surface area (Å²) in [6, 6.07) is 4.69. The first kappa shape index (κ1) is 18.7. The Morgan fingerprint density at radius 1 is 1.26 bits per heavy atom. The molecule has 144 valence electrons. The summed E-state index contributed by atoms with van der Waals surface area (Å²) in [4.78, 5) is 8.83. The van der Waals surface area contributed by atoms with Crippen LogP contribution in [0.2, 0.25) is 0 Å². The maximum absolute atomic E-state index is 11.9. The second-order valence-corrected chi connectivity index (χ2v) is 9.30. The minimum absolute atomic E-state index is 0.500. The predicted molar refractivity (Wildman–Crippen MR) is 109 cm³/mol. The van der Waals surface area contributed by atoms with E-state index in [0.29, 0.717) is 11.2 Å². The number of fused-ring (bicyclic) bond motifs is 1. The Kier molecular flexibility index (Phi) is 5.39. The molecule has 1 atom stereocenters. The number of imidazole rings is 1. The number of aromatic nitrogens is 3. The number of nitrogens with zero attached hydrogens (tertiary/aromatic N) is 2. The van der Waals surface area contributed by atoms with Gasteiger partial charge in [-0.15, -0.1) is 0 Å². The van der Waals surface area contributed by atoms with Crippen molar-refractivity contribution in [3.63, 3.8) is 0 Å². The van der Waals surface area contributed by atoms with E-state index < -0.39 is 10.8 Å². The molecule has 2 N–H and O–H groups in total. The van der Waals surface area contributed by atoms with E-state index in [0.717, 1.165) is 38.5 Å². The van der Waals surface area contributed by atoms with Crippen molar-refractivity contribution < 1.29 is 8.73 Å². The highest BCUT2D eigenvalue weighted by Crippen LogP contribution is 2.35. The van der Waals surface area contributed by atoms with Gasteiger partial charge in [0.25, 0.3) is 0 Å². The zero-order chi connectivity index (χ0) is 19.0. The number of nitrogens with one attached hydrogen (secondary N) is 2. The molecule has 1 aliphatic carbocycles. The number of hydrogen-bond acceptors (Lipinski definition) is 6. The van der Waals surface area contributed by atoms with Gasteiger partial charge in [0.05, 0.1) is 26.9 Å². The van der Waals surface area contributed by atoms with Crippen LogP contribution in [0, 0.1) is 13.8 Å².